The van der Waals surface area contributed by atoms with Gasteiger partial charge in [-0.05, 0) is 7.05 Å². The van der Waals surface area contributed by atoms with E-state index in [-0.39, 0.29) is 11.6 Å². The van der Waals surface area contributed by atoms with Crippen molar-refractivity contribution in [1.29, 1.82) is 0 Å². The fourth-order valence-corrected chi connectivity index (χ4v) is 2.51. The van der Waals surface area contributed by atoms with Gasteiger partial charge in [0.15, 0.2) is 5.03 Å². The van der Waals surface area contributed by atoms with Crippen LogP contribution in [0.3, 0.4) is 0 Å². The summed E-state index contributed by atoms with van der Waals surface area (Å²) in [6, 6.07) is 0. The summed E-state index contributed by atoms with van der Waals surface area (Å²) in [6.45, 7) is 0.454. The summed E-state index contributed by atoms with van der Waals surface area (Å²) in [5.74, 6) is 0.438. The summed E-state index contributed by atoms with van der Waals surface area (Å²) < 4.78 is 26.4. The van der Waals surface area contributed by atoms with Crippen LogP contribution in [0.2, 0.25) is 0 Å². The molecule has 0 aromatic carbocycles. The largest absolute Gasteiger partial charge is 0.316 e. The number of rotatable bonds is 6. The molecule has 0 spiro atoms. The highest BCUT2D eigenvalue weighted by Crippen LogP contribution is 2.11. The van der Waals surface area contributed by atoms with Gasteiger partial charge in [0.05, 0.1) is 12.7 Å². The molecule has 0 amide bonds. The van der Waals surface area contributed by atoms with E-state index in [0.717, 1.165) is 0 Å². The SMILES string of the molecule is CNCc1cn[nH]c1S(=O)(=O)NCc1ncn[nH]1. The van der Waals surface area contributed by atoms with Crippen LogP contribution in [0, 0.1) is 0 Å². The van der Waals surface area contributed by atoms with Crippen LogP contribution < -0.4 is 10.0 Å². The van der Waals surface area contributed by atoms with Crippen molar-refractivity contribution in [1.82, 2.24) is 35.4 Å². The Hall–Kier alpha value is -1.78. The Morgan fingerprint density at radius 1 is 1.28 bits per heavy atom. The maximum atomic E-state index is 12.0. The van der Waals surface area contributed by atoms with Crippen molar-refractivity contribution in [2.45, 2.75) is 18.1 Å². The fourth-order valence-electron chi connectivity index (χ4n) is 1.40. The number of nitrogens with one attached hydrogen (secondary N) is 4. The minimum atomic E-state index is -3.64. The summed E-state index contributed by atoms with van der Waals surface area (Å²) in [7, 11) is -1.91. The molecule has 0 saturated heterocycles. The van der Waals surface area contributed by atoms with Crippen LogP contribution in [0.15, 0.2) is 17.6 Å². The van der Waals surface area contributed by atoms with E-state index in [1.807, 2.05) is 0 Å². The van der Waals surface area contributed by atoms with Crippen molar-refractivity contribution in [2.75, 3.05) is 7.05 Å². The third-order valence-corrected chi connectivity index (χ3v) is 3.62. The average Bonchev–Trinajstić information content (AvgIpc) is 2.97. The molecule has 0 aliphatic carbocycles. The molecule has 2 aromatic rings. The molecule has 0 unspecified atom stereocenters. The van der Waals surface area contributed by atoms with Crippen LogP contribution in [0.25, 0.3) is 0 Å². The van der Waals surface area contributed by atoms with Gasteiger partial charge in [-0.15, -0.1) is 0 Å². The second-order valence-electron chi connectivity index (χ2n) is 3.51. The lowest BCUT2D eigenvalue weighted by atomic mass is 10.4. The number of aromatic amines is 2. The van der Waals surface area contributed by atoms with Crippen molar-refractivity contribution in [3.05, 3.63) is 23.9 Å². The molecule has 0 fully saturated rings. The van der Waals surface area contributed by atoms with Crippen LogP contribution in [-0.2, 0) is 23.1 Å². The summed E-state index contributed by atoms with van der Waals surface area (Å²) in [5.41, 5.74) is 0.572. The summed E-state index contributed by atoms with van der Waals surface area (Å²) in [6.07, 6.45) is 2.78. The smallest absolute Gasteiger partial charge is 0.258 e. The second-order valence-corrected chi connectivity index (χ2v) is 5.22. The quantitative estimate of drug-likeness (QED) is 0.518. The van der Waals surface area contributed by atoms with E-state index in [1.54, 1.807) is 7.05 Å². The van der Waals surface area contributed by atoms with Crippen molar-refractivity contribution in [3.8, 4) is 0 Å². The molecular formula is C8H13N7O2S. The Morgan fingerprint density at radius 2 is 2.11 bits per heavy atom. The van der Waals surface area contributed by atoms with Gasteiger partial charge in [-0.25, -0.2) is 18.1 Å². The van der Waals surface area contributed by atoms with Crippen LogP contribution in [0.4, 0.5) is 0 Å². The van der Waals surface area contributed by atoms with Gasteiger partial charge in [0.25, 0.3) is 10.0 Å². The first-order chi connectivity index (χ1) is 8.63. The maximum Gasteiger partial charge on any atom is 0.258 e. The number of nitrogens with zero attached hydrogens (tertiary/aromatic N) is 3. The molecule has 0 saturated carbocycles. The molecule has 98 valence electrons. The Labute approximate surface area is 103 Å². The Bertz CT molecular complexity index is 589. The van der Waals surface area contributed by atoms with E-state index in [2.05, 4.69) is 35.4 Å². The van der Waals surface area contributed by atoms with Gasteiger partial charge in [0.1, 0.15) is 12.2 Å². The van der Waals surface area contributed by atoms with E-state index in [1.165, 1.54) is 12.5 Å². The third-order valence-electron chi connectivity index (χ3n) is 2.21. The van der Waals surface area contributed by atoms with Gasteiger partial charge in [0, 0.05) is 12.1 Å². The standard InChI is InChI=1S/C8H13N7O2S/c1-9-2-6-3-11-15-8(6)18(16,17)13-4-7-10-5-12-14-7/h3,5,9,13H,2,4H2,1H3,(H,11,15)(H,10,12,14). The van der Waals surface area contributed by atoms with Crippen LogP contribution >= 0.6 is 0 Å². The van der Waals surface area contributed by atoms with Crippen molar-refractivity contribution in [2.24, 2.45) is 0 Å². The average molecular weight is 271 g/mol. The topological polar surface area (TPSA) is 128 Å². The van der Waals surface area contributed by atoms with Gasteiger partial charge in [-0.2, -0.15) is 10.2 Å². The Morgan fingerprint density at radius 3 is 2.78 bits per heavy atom. The molecule has 0 bridgehead atoms. The molecule has 18 heavy (non-hydrogen) atoms. The molecule has 0 aliphatic rings. The number of hydrogen-bond acceptors (Lipinski definition) is 6. The van der Waals surface area contributed by atoms with Gasteiger partial charge >= 0.3 is 0 Å². The molecule has 2 aromatic heterocycles. The predicted octanol–water partition coefficient (Wildman–Crippen LogP) is -1.27. The zero-order valence-corrected chi connectivity index (χ0v) is 10.5. The number of H-pyrrole nitrogens is 2. The first-order valence-electron chi connectivity index (χ1n) is 5.14. The molecule has 0 radical (unpaired) electrons. The predicted molar refractivity (Wildman–Crippen MR) is 61.8 cm³/mol. The highest BCUT2D eigenvalue weighted by Gasteiger charge is 2.20. The zero-order valence-electron chi connectivity index (χ0n) is 9.64. The van der Waals surface area contributed by atoms with E-state index in [0.29, 0.717) is 17.9 Å². The first-order valence-corrected chi connectivity index (χ1v) is 6.62. The molecule has 9 nitrogen and oxygen atoms in total. The lowest BCUT2D eigenvalue weighted by molar-refractivity contribution is 0.573. The summed E-state index contributed by atoms with van der Waals surface area (Å²) >= 11 is 0. The monoisotopic (exact) mass is 271 g/mol. The number of aromatic nitrogens is 5. The fraction of sp³-hybridized carbons (Fsp3) is 0.375. The van der Waals surface area contributed by atoms with Crippen LogP contribution in [-0.4, -0.2) is 40.8 Å². The van der Waals surface area contributed by atoms with Crippen LogP contribution in [0.1, 0.15) is 11.4 Å². The lowest BCUT2D eigenvalue weighted by Crippen LogP contribution is -2.25. The van der Waals surface area contributed by atoms with Crippen molar-refractivity contribution >= 4 is 10.0 Å². The van der Waals surface area contributed by atoms with Crippen LogP contribution in [0.5, 0.6) is 0 Å². The van der Waals surface area contributed by atoms with Gasteiger partial charge in [-0.1, -0.05) is 0 Å². The van der Waals surface area contributed by atoms with Crippen molar-refractivity contribution in [3.63, 3.8) is 0 Å². The van der Waals surface area contributed by atoms with E-state index in [4.69, 9.17) is 0 Å². The number of sulfonamides is 1. The van der Waals surface area contributed by atoms with Gasteiger partial charge in [0.2, 0.25) is 0 Å². The maximum absolute atomic E-state index is 12.0. The highest BCUT2D eigenvalue weighted by molar-refractivity contribution is 7.89. The van der Waals surface area contributed by atoms with Gasteiger partial charge < -0.3 is 5.32 Å². The molecule has 2 rings (SSSR count). The molecular weight excluding hydrogens is 258 g/mol. The number of hydrogen-bond donors (Lipinski definition) is 4. The van der Waals surface area contributed by atoms with E-state index in [9.17, 15) is 8.42 Å². The highest BCUT2D eigenvalue weighted by atomic mass is 32.2. The van der Waals surface area contributed by atoms with Crippen molar-refractivity contribution < 1.29 is 8.42 Å². The Balaban J connectivity index is 2.12. The van der Waals surface area contributed by atoms with E-state index < -0.39 is 10.0 Å². The molecule has 4 N–H and O–H groups in total. The van der Waals surface area contributed by atoms with Gasteiger partial charge in [-0.3, -0.25) is 10.2 Å². The second kappa shape index (κ2) is 5.25. The zero-order chi connectivity index (χ0) is 13.0. The molecule has 0 atom stereocenters. The molecule has 2 heterocycles. The minimum Gasteiger partial charge on any atom is -0.316 e. The summed E-state index contributed by atoms with van der Waals surface area (Å²) in [5, 5.41) is 15.3. The normalized spacial score (nSPS) is 11.8. The first kappa shape index (κ1) is 12.7. The van der Waals surface area contributed by atoms with E-state index >= 15 is 0 Å². The lowest BCUT2D eigenvalue weighted by Gasteiger charge is -2.05. The summed E-state index contributed by atoms with van der Waals surface area (Å²) in [4.78, 5) is 3.83. The minimum absolute atomic E-state index is 0.0420. The molecule has 10 heteroatoms. The third kappa shape index (κ3) is 2.72. The Kier molecular flexibility index (Phi) is 3.69. The molecule has 0 aliphatic heterocycles.